The number of rotatable bonds is 5. The van der Waals surface area contributed by atoms with Gasteiger partial charge in [-0.15, -0.1) is 0 Å². The van der Waals surface area contributed by atoms with E-state index in [0.29, 0.717) is 0 Å². The zero-order valence-corrected chi connectivity index (χ0v) is 10.5. The number of nitrogens with two attached hydrogens (primary N) is 1. The van der Waals surface area contributed by atoms with E-state index in [0.717, 1.165) is 19.4 Å². The van der Waals surface area contributed by atoms with Crippen LogP contribution in [0.2, 0.25) is 0 Å². The van der Waals surface area contributed by atoms with Crippen LogP contribution in [-0.4, -0.2) is 20.4 Å². The Bertz CT molecular complexity index is 467. The first kappa shape index (κ1) is 11.9. The molecule has 0 spiro atoms. The molecular weight excluding hydrogens is 212 g/mol. The molecule has 4 heteroatoms. The Labute approximate surface area is 102 Å². The molecule has 0 saturated carbocycles. The van der Waals surface area contributed by atoms with E-state index in [2.05, 4.69) is 34.2 Å². The highest BCUT2D eigenvalue weighted by Crippen LogP contribution is 2.06. The summed E-state index contributed by atoms with van der Waals surface area (Å²) in [6.45, 7) is 3.02. The number of aromatic nitrogens is 3. The highest BCUT2D eigenvalue weighted by Gasteiger charge is 2.02. The molecular formula is C13H20N4. The van der Waals surface area contributed by atoms with E-state index in [1.165, 1.54) is 11.3 Å². The maximum absolute atomic E-state index is 5.78. The molecule has 2 aromatic rings. The Morgan fingerprint density at radius 1 is 1.41 bits per heavy atom. The topological polar surface area (TPSA) is 48.8 Å². The van der Waals surface area contributed by atoms with Crippen molar-refractivity contribution in [3.63, 3.8) is 0 Å². The molecule has 0 radical (unpaired) electrons. The molecule has 17 heavy (non-hydrogen) atoms. The van der Waals surface area contributed by atoms with E-state index >= 15 is 0 Å². The predicted molar refractivity (Wildman–Crippen MR) is 68.7 cm³/mol. The van der Waals surface area contributed by atoms with Crippen molar-refractivity contribution < 1.29 is 0 Å². The fourth-order valence-electron chi connectivity index (χ4n) is 2.01. The summed E-state index contributed by atoms with van der Waals surface area (Å²) in [7, 11) is 1.98. The summed E-state index contributed by atoms with van der Waals surface area (Å²) in [4.78, 5) is 0. The quantitative estimate of drug-likeness (QED) is 0.846. The van der Waals surface area contributed by atoms with Crippen molar-refractivity contribution in [2.24, 2.45) is 12.8 Å². The number of hydrogen-bond donors (Lipinski definition) is 1. The lowest BCUT2D eigenvalue weighted by Gasteiger charge is -2.04. The third kappa shape index (κ3) is 3.20. The molecule has 2 rings (SSSR count). The van der Waals surface area contributed by atoms with Gasteiger partial charge in [0.05, 0.1) is 0 Å². The predicted octanol–water partition coefficient (Wildman–Crippen LogP) is 1.35. The molecule has 1 atom stereocenters. The average Bonchev–Trinajstić information content (AvgIpc) is 2.84. The normalized spacial score (nSPS) is 12.9. The Hall–Kier alpha value is -1.55. The van der Waals surface area contributed by atoms with Crippen LogP contribution in [0.5, 0.6) is 0 Å². The Balaban J connectivity index is 1.91. The summed E-state index contributed by atoms with van der Waals surface area (Å²) in [5, 5.41) is 4.16. The fraction of sp³-hybridized carbons (Fsp3) is 0.462. The van der Waals surface area contributed by atoms with Gasteiger partial charge in [0, 0.05) is 50.3 Å². The van der Waals surface area contributed by atoms with E-state index in [1.807, 2.05) is 24.9 Å². The van der Waals surface area contributed by atoms with Gasteiger partial charge in [0.1, 0.15) is 0 Å². The molecule has 1 unspecified atom stereocenters. The molecule has 2 heterocycles. The van der Waals surface area contributed by atoms with Crippen LogP contribution >= 0.6 is 0 Å². The summed E-state index contributed by atoms with van der Waals surface area (Å²) < 4.78 is 4.14. The lowest BCUT2D eigenvalue weighted by molar-refractivity contribution is 0.637. The lowest BCUT2D eigenvalue weighted by Crippen LogP contribution is -2.17. The summed E-state index contributed by atoms with van der Waals surface area (Å²) in [5.74, 6) is 0. The SMILES string of the molecule is CC(N)Cc1ccn(CCc2ccnn2C)c1. The Morgan fingerprint density at radius 3 is 2.88 bits per heavy atom. The standard InChI is InChI=1S/C13H20N4/c1-11(14)9-12-4-7-17(10-12)8-5-13-3-6-15-16(13)2/h3-4,6-7,10-11H,5,8-9,14H2,1-2H3. The molecule has 0 aromatic carbocycles. The number of nitrogens with zero attached hydrogens (tertiary/aromatic N) is 3. The minimum atomic E-state index is 0.225. The van der Waals surface area contributed by atoms with Gasteiger partial charge < -0.3 is 10.3 Å². The van der Waals surface area contributed by atoms with E-state index < -0.39 is 0 Å². The van der Waals surface area contributed by atoms with Crippen molar-refractivity contribution in [3.05, 3.63) is 42.0 Å². The maximum atomic E-state index is 5.78. The first-order chi connectivity index (χ1) is 8.15. The van der Waals surface area contributed by atoms with Crippen LogP contribution in [0.4, 0.5) is 0 Å². The molecule has 0 amide bonds. The summed E-state index contributed by atoms with van der Waals surface area (Å²) in [5.41, 5.74) is 8.35. The minimum Gasteiger partial charge on any atom is -0.354 e. The second kappa shape index (κ2) is 5.19. The smallest absolute Gasteiger partial charge is 0.0492 e. The summed E-state index contributed by atoms with van der Waals surface area (Å²) >= 11 is 0. The Kier molecular flexibility index (Phi) is 3.64. The van der Waals surface area contributed by atoms with E-state index in [1.54, 1.807) is 0 Å². The van der Waals surface area contributed by atoms with Crippen molar-refractivity contribution in [1.82, 2.24) is 14.3 Å². The van der Waals surface area contributed by atoms with Crippen LogP contribution in [0.25, 0.3) is 0 Å². The highest BCUT2D eigenvalue weighted by molar-refractivity contribution is 5.12. The van der Waals surface area contributed by atoms with Crippen molar-refractivity contribution >= 4 is 0 Å². The van der Waals surface area contributed by atoms with Crippen LogP contribution in [-0.2, 0) is 26.4 Å². The van der Waals surface area contributed by atoms with Gasteiger partial charge in [0.25, 0.3) is 0 Å². The van der Waals surface area contributed by atoms with Gasteiger partial charge in [-0.3, -0.25) is 4.68 Å². The third-order valence-electron chi connectivity index (χ3n) is 2.92. The third-order valence-corrected chi connectivity index (χ3v) is 2.92. The summed E-state index contributed by atoms with van der Waals surface area (Å²) in [6.07, 6.45) is 8.09. The monoisotopic (exact) mass is 232 g/mol. The molecule has 0 aliphatic rings. The maximum Gasteiger partial charge on any atom is 0.0492 e. The van der Waals surface area contributed by atoms with E-state index in [-0.39, 0.29) is 6.04 Å². The van der Waals surface area contributed by atoms with Crippen LogP contribution in [0, 0.1) is 0 Å². The second-order valence-electron chi connectivity index (χ2n) is 4.64. The molecule has 92 valence electrons. The Morgan fingerprint density at radius 2 is 2.24 bits per heavy atom. The van der Waals surface area contributed by atoms with Crippen molar-refractivity contribution in [2.45, 2.75) is 32.4 Å². The largest absolute Gasteiger partial charge is 0.354 e. The fourth-order valence-corrected chi connectivity index (χ4v) is 2.01. The van der Waals surface area contributed by atoms with E-state index in [9.17, 15) is 0 Å². The van der Waals surface area contributed by atoms with Crippen LogP contribution in [0.3, 0.4) is 0 Å². The molecule has 4 nitrogen and oxygen atoms in total. The highest BCUT2D eigenvalue weighted by atomic mass is 15.3. The average molecular weight is 232 g/mol. The van der Waals surface area contributed by atoms with Crippen LogP contribution in [0.15, 0.2) is 30.7 Å². The van der Waals surface area contributed by atoms with Crippen LogP contribution in [0.1, 0.15) is 18.2 Å². The van der Waals surface area contributed by atoms with Gasteiger partial charge in [-0.1, -0.05) is 0 Å². The first-order valence-corrected chi connectivity index (χ1v) is 6.02. The second-order valence-corrected chi connectivity index (χ2v) is 4.64. The molecule has 0 fully saturated rings. The number of aryl methyl sites for hydroxylation is 3. The first-order valence-electron chi connectivity index (χ1n) is 6.02. The van der Waals surface area contributed by atoms with Gasteiger partial charge in [0.2, 0.25) is 0 Å². The molecule has 2 N–H and O–H groups in total. The van der Waals surface area contributed by atoms with Crippen molar-refractivity contribution in [1.29, 1.82) is 0 Å². The van der Waals surface area contributed by atoms with Crippen molar-refractivity contribution in [2.75, 3.05) is 0 Å². The lowest BCUT2D eigenvalue weighted by atomic mass is 10.1. The van der Waals surface area contributed by atoms with Gasteiger partial charge in [-0.05, 0) is 31.0 Å². The van der Waals surface area contributed by atoms with Gasteiger partial charge in [-0.2, -0.15) is 5.10 Å². The zero-order chi connectivity index (χ0) is 12.3. The molecule has 0 aliphatic heterocycles. The molecule has 0 aliphatic carbocycles. The minimum absolute atomic E-state index is 0.225. The number of hydrogen-bond acceptors (Lipinski definition) is 2. The molecule has 0 bridgehead atoms. The van der Waals surface area contributed by atoms with E-state index in [4.69, 9.17) is 5.73 Å². The molecule has 2 aromatic heterocycles. The zero-order valence-electron chi connectivity index (χ0n) is 10.5. The van der Waals surface area contributed by atoms with Crippen molar-refractivity contribution in [3.8, 4) is 0 Å². The summed E-state index contributed by atoms with van der Waals surface area (Å²) in [6, 6.07) is 4.43. The van der Waals surface area contributed by atoms with Gasteiger partial charge >= 0.3 is 0 Å². The molecule has 0 saturated heterocycles. The van der Waals surface area contributed by atoms with Gasteiger partial charge in [0.15, 0.2) is 0 Å². The van der Waals surface area contributed by atoms with Gasteiger partial charge in [-0.25, -0.2) is 0 Å². The van der Waals surface area contributed by atoms with Crippen LogP contribution < -0.4 is 5.73 Å².